The van der Waals surface area contributed by atoms with Crippen molar-refractivity contribution in [2.75, 3.05) is 39.9 Å². The lowest BCUT2D eigenvalue weighted by atomic mass is 9.98. The molecule has 0 atom stereocenters. The molecule has 1 fully saturated rings. The molecule has 0 spiro atoms. The van der Waals surface area contributed by atoms with Crippen LogP contribution in [-0.4, -0.2) is 50.8 Å². The third kappa shape index (κ3) is 7.45. The van der Waals surface area contributed by atoms with Crippen LogP contribution in [0.1, 0.15) is 37.8 Å². The van der Waals surface area contributed by atoms with Crippen molar-refractivity contribution in [2.24, 2.45) is 10.9 Å². The number of nitrogens with zero attached hydrogens (tertiary/aromatic N) is 2. The summed E-state index contributed by atoms with van der Waals surface area (Å²) in [6.07, 6.45) is 2.65. The van der Waals surface area contributed by atoms with E-state index in [1.54, 1.807) is 7.05 Å². The average molecular weight is 347 g/mol. The second kappa shape index (κ2) is 11.1. The second-order valence-corrected chi connectivity index (χ2v) is 6.83. The summed E-state index contributed by atoms with van der Waals surface area (Å²) >= 11 is 0. The molecule has 0 bridgehead atoms. The maximum Gasteiger partial charge on any atom is 0.191 e. The van der Waals surface area contributed by atoms with E-state index in [-0.39, 0.29) is 0 Å². The van der Waals surface area contributed by atoms with E-state index in [1.165, 1.54) is 37.1 Å². The van der Waals surface area contributed by atoms with E-state index < -0.39 is 0 Å². The first-order chi connectivity index (χ1) is 12.2. The van der Waals surface area contributed by atoms with Crippen LogP contribution in [0.15, 0.2) is 29.3 Å². The van der Waals surface area contributed by atoms with Crippen molar-refractivity contribution in [3.8, 4) is 0 Å². The maximum absolute atomic E-state index is 5.34. The predicted octanol–water partition coefficient (Wildman–Crippen LogP) is 2.62. The van der Waals surface area contributed by atoms with Crippen molar-refractivity contribution in [2.45, 2.75) is 39.8 Å². The van der Waals surface area contributed by atoms with Gasteiger partial charge in [0.05, 0.1) is 6.61 Å². The molecule has 5 nitrogen and oxygen atoms in total. The van der Waals surface area contributed by atoms with Crippen molar-refractivity contribution in [1.29, 1.82) is 0 Å². The molecule has 2 rings (SSSR count). The summed E-state index contributed by atoms with van der Waals surface area (Å²) in [5, 5.41) is 6.63. The van der Waals surface area contributed by atoms with Gasteiger partial charge in [-0.1, -0.05) is 31.2 Å². The first-order valence-corrected chi connectivity index (χ1v) is 9.53. The molecule has 5 heteroatoms. The molecule has 0 saturated carbocycles. The van der Waals surface area contributed by atoms with Gasteiger partial charge >= 0.3 is 0 Å². The Labute approximate surface area is 152 Å². The second-order valence-electron chi connectivity index (χ2n) is 6.83. The molecule has 1 heterocycles. The Balaban J connectivity index is 1.78. The molecular weight excluding hydrogens is 312 g/mol. The molecule has 1 aliphatic rings. The highest BCUT2D eigenvalue weighted by atomic mass is 16.5. The number of rotatable bonds is 8. The van der Waals surface area contributed by atoms with Gasteiger partial charge in [0.25, 0.3) is 0 Å². The lowest BCUT2D eigenvalue weighted by Crippen LogP contribution is -2.38. The highest BCUT2D eigenvalue weighted by Crippen LogP contribution is 2.18. The molecule has 0 aliphatic carbocycles. The molecule has 2 N–H and O–H groups in total. The number of likely N-dealkylation sites (tertiary alicyclic amines) is 1. The van der Waals surface area contributed by atoms with E-state index >= 15 is 0 Å². The third-order valence-electron chi connectivity index (χ3n) is 4.70. The number of ether oxygens (including phenoxy) is 1. The minimum Gasteiger partial charge on any atom is -0.380 e. The molecule has 0 radical (unpaired) electrons. The zero-order valence-electron chi connectivity index (χ0n) is 16.1. The van der Waals surface area contributed by atoms with Crippen LogP contribution in [0, 0.1) is 5.92 Å². The van der Waals surface area contributed by atoms with E-state index in [1.807, 2.05) is 6.92 Å². The van der Waals surface area contributed by atoms with Gasteiger partial charge in [0, 0.05) is 33.3 Å². The van der Waals surface area contributed by atoms with E-state index in [0.29, 0.717) is 6.61 Å². The van der Waals surface area contributed by atoms with Crippen molar-refractivity contribution in [3.63, 3.8) is 0 Å². The lowest BCUT2D eigenvalue weighted by Gasteiger charge is -2.30. The standard InChI is InChI=1S/C20H34N4O/c1-4-25-13-10-22-20(21-3)23-15-18-6-5-7-19(14-18)16-24-11-8-17(2)9-12-24/h5-7,14,17H,4,8-13,15-16H2,1-3H3,(H2,21,22,23). The number of hydrogen-bond acceptors (Lipinski definition) is 3. The quantitative estimate of drug-likeness (QED) is 0.432. The summed E-state index contributed by atoms with van der Waals surface area (Å²) in [5.41, 5.74) is 2.68. The van der Waals surface area contributed by atoms with Crippen molar-refractivity contribution < 1.29 is 4.74 Å². The Morgan fingerprint density at radius 2 is 2.00 bits per heavy atom. The molecule has 1 saturated heterocycles. The first-order valence-electron chi connectivity index (χ1n) is 9.53. The van der Waals surface area contributed by atoms with Crippen LogP contribution in [0.3, 0.4) is 0 Å². The van der Waals surface area contributed by atoms with Crippen LogP contribution in [0.5, 0.6) is 0 Å². The minimum absolute atomic E-state index is 0.696. The zero-order chi connectivity index (χ0) is 17.9. The summed E-state index contributed by atoms with van der Waals surface area (Å²) in [7, 11) is 1.80. The molecule has 0 unspecified atom stereocenters. The normalized spacial score (nSPS) is 16.8. The summed E-state index contributed by atoms with van der Waals surface area (Å²) in [5.74, 6) is 1.70. The topological polar surface area (TPSA) is 48.9 Å². The van der Waals surface area contributed by atoms with E-state index in [9.17, 15) is 0 Å². The Bertz CT molecular complexity index is 524. The van der Waals surface area contributed by atoms with E-state index in [2.05, 4.69) is 51.7 Å². The van der Waals surface area contributed by atoms with Gasteiger partial charge < -0.3 is 15.4 Å². The first kappa shape index (κ1) is 19.7. The Hall–Kier alpha value is -1.59. The van der Waals surface area contributed by atoms with Gasteiger partial charge in [-0.25, -0.2) is 0 Å². The largest absolute Gasteiger partial charge is 0.380 e. The summed E-state index contributed by atoms with van der Waals surface area (Å²) in [6.45, 7) is 10.9. The highest BCUT2D eigenvalue weighted by molar-refractivity contribution is 5.79. The molecule has 1 aromatic carbocycles. The number of piperidine rings is 1. The number of benzene rings is 1. The number of hydrogen-bond donors (Lipinski definition) is 2. The molecule has 25 heavy (non-hydrogen) atoms. The molecular formula is C20H34N4O. The highest BCUT2D eigenvalue weighted by Gasteiger charge is 2.15. The molecule has 0 aromatic heterocycles. The fraction of sp³-hybridized carbons (Fsp3) is 0.650. The van der Waals surface area contributed by atoms with Crippen LogP contribution < -0.4 is 10.6 Å². The monoisotopic (exact) mass is 346 g/mol. The van der Waals surface area contributed by atoms with Gasteiger partial charge in [-0.05, 0) is 49.9 Å². The number of guanidine groups is 1. The summed E-state index contributed by atoms with van der Waals surface area (Å²) in [4.78, 5) is 6.82. The molecule has 1 aromatic rings. The van der Waals surface area contributed by atoms with Crippen LogP contribution >= 0.6 is 0 Å². The molecule has 0 amide bonds. The van der Waals surface area contributed by atoms with Crippen LogP contribution in [0.2, 0.25) is 0 Å². The van der Waals surface area contributed by atoms with Crippen molar-refractivity contribution in [3.05, 3.63) is 35.4 Å². The summed E-state index contributed by atoms with van der Waals surface area (Å²) < 4.78 is 5.34. The molecule has 1 aliphatic heterocycles. The number of aliphatic imine (C=N–C) groups is 1. The SMILES string of the molecule is CCOCCNC(=NC)NCc1cccc(CN2CCC(C)CC2)c1. The van der Waals surface area contributed by atoms with E-state index in [0.717, 1.165) is 38.1 Å². The van der Waals surface area contributed by atoms with Gasteiger partial charge in [-0.3, -0.25) is 9.89 Å². The smallest absolute Gasteiger partial charge is 0.191 e. The lowest BCUT2D eigenvalue weighted by molar-refractivity contribution is 0.152. The minimum atomic E-state index is 0.696. The Morgan fingerprint density at radius 3 is 2.72 bits per heavy atom. The van der Waals surface area contributed by atoms with Crippen molar-refractivity contribution >= 4 is 5.96 Å². The predicted molar refractivity (Wildman–Crippen MR) is 105 cm³/mol. The van der Waals surface area contributed by atoms with Gasteiger partial charge in [0.15, 0.2) is 5.96 Å². The number of nitrogens with one attached hydrogen (secondary N) is 2. The van der Waals surface area contributed by atoms with Gasteiger partial charge in [-0.2, -0.15) is 0 Å². The third-order valence-corrected chi connectivity index (χ3v) is 4.70. The average Bonchev–Trinajstić information content (AvgIpc) is 2.63. The van der Waals surface area contributed by atoms with Gasteiger partial charge in [0.1, 0.15) is 0 Å². The Kier molecular flexibility index (Phi) is 8.77. The zero-order valence-corrected chi connectivity index (χ0v) is 16.1. The van der Waals surface area contributed by atoms with Gasteiger partial charge in [-0.15, -0.1) is 0 Å². The van der Waals surface area contributed by atoms with E-state index in [4.69, 9.17) is 4.74 Å². The summed E-state index contributed by atoms with van der Waals surface area (Å²) in [6, 6.07) is 8.86. The molecule has 140 valence electrons. The van der Waals surface area contributed by atoms with Crippen LogP contribution in [0.25, 0.3) is 0 Å². The van der Waals surface area contributed by atoms with Gasteiger partial charge in [0.2, 0.25) is 0 Å². The van der Waals surface area contributed by atoms with Crippen molar-refractivity contribution in [1.82, 2.24) is 15.5 Å². The fourth-order valence-corrected chi connectivity index (χ4v) is 3.11. The van der Waals surface area contributed by atoms with Crippen LogP contribution in [0.4, 0.5) is 0 Å². The fourth-order valence-electron chi connectivity index (χ4n) is 3.11. The van der Waals surface area contributed by atoms with Crippen LogP contribution in [-0.2, 0) is 17.8 Å². The maximum atomic E-state index is 5.34. The Morgan fingerprint density at radius 1 is 1.24 bits per heavy atom.